The van der Waals surface area contributed by atoms with Crippen molar-refractivity contribution < 1.29 is 14.3 Å². The van der Waals surface area contributed by atoms with Gasteiger partial charge in [0.15, 0.2) is 11.5 Å². The number of nitrogens with zero attached hydrogens (tertiary/aromatic N) is 3. The third-order valence-electron chi connectivity index (χ3n) is 3.44. The van der Waals surface area contributed by atoms with E-state index in [4.69, 9.17) is 9.47 Å². The van der Waals surface area contributed by atoms with E-state index >= 15 is 0 Å². The summed E-state index contributed by atoms with van der Waals surface area (Å²) in [6.07, 6.45) is 0. The molecule has 22 heavy (non-hydrogen) atoms. The summed E-state index contributed by atoms with van der Waals surface area (Å²) in [5.74, 6) is 1.25. The summed E-state index contributed by atoms with van der Waals surface area (Å²) in [5.41, 5.74) is 2.36. The molecular formula is C16H21N3O3. The van der Waals surface area contributed by atoms with Gasteiger partial charge in [-0.05, 0) is 30.7 Å². The highest BCUT2D eigenvalue weighted by atomic mass is 16.5. The van der Waals surface area contributed by atoms with Crippen LogP contribution >= 0.6 is 0 Å². The van der Waals surface area contributed by atoms with Crippen molar-refractivity contribution in [2.75, 3.05) is 21.3 Å². The molecule has 0 spiro atoms. The van der Waals surface area contributed by atoms with Gasteiger partial charge >= 0.3 is 0 Å². The van der Waals surface area contributed by atoms with E-state index in [1.165, 1.54) is 0 Å². The minimum absolute atomic E-state index is 0.0714. The molecule has 2 rings (SSSR count). The molecule has 1 heterocycles. The maximum Gasteiger partial charge on any atom is 0.272 e. The summed E-state index contributed by atoms with van der Waals surface area (Å²) in [6, 6.07) is 7.41. The fourth-order valence-electron chi connectivity index (χ4n) is 2.33. The average molecular weight is 303 g/mol. The highest BCUT2D eigenvalue weighted by molar-refractivity contribution is 5.92. The van der Waals surface area contributed by atoms with Crippen LogP contribution in [0.5, 0.6) is 11.5 Å². The summed E-state index contributed by atoms with van der Waals surface area (Å²) in [4.78, 5) is 14.1. The molecule has 0 aliphatic rings. The molecule has 0 atom stereocenters. The maximum absolute atomic E-state index is 12.5. The number of aryl methyl sites for hydroxylation is 2. The molecule has 0 fully saturated rings. The molecular weight excluding hydrogens is 282 g/mol. The van der Waals surface area contributed by atoms with E-state index < -0.39 is 0 Å². The van der Waals surface area contributed by atoms with Crippen LogP contribution in [0.4, 0.5) is 0 Å². The molecule has 0 aliphatic carbocycles. The molecule has 1 aromatic heterocycles. The van der Waals surface area contributed by atoms with Crippen LogP contribution in [0.1, 0.15) is 21.7 Å². The van der Waals surface area contributed by atoms with Crippen LogP contribution in [0.15, 0.2) is 24.3 Å². The molecule has 2 aromatic rings. The molecule has 0 bridgehead atoms. The fraction of sp³-hybridized carbons (Fsp3) is 0.375. The number of hydrogen-bond acceptors (Lipinski definition) is 4. The van der Waals surface area contributed by atoms with Crippen molar-refractivity contribution in [1.82, 2.24) is 14.7 Å². The van der Waals surface area contributed by atoms with E-state index in [1.54, 1.807) is 44.0 Å². The number of carbonyl (C=O) groups is 1. The van der Waals surface area contributed by atoms with Crippen LogP contribution in [0, 0.1) is 6.92 Å². The molecule has 0 radical (unpaired) electrons. The number of carbonyl (C=O) groups excluding carboxylic acids is 1. The predicted octanol–water partition coefficient (Wildman–Crippen LogP) is 2.02. The Morgan fingerprint density at radius 3 is 2.45 bits per heavy atom. The van der Waals surface area contributed by atoms with Crippen molar-refractivity contribution in [2.45, 2.75) is 13.5 Å². The van der Waals surface area contributed by atoms with Gasteiger partial charge in [0.1, 0.15) is 5.69 Å². The molecule has 6 heteroatoms. The quantitative estimate of drug-likeness (QED) is 0.848. The minimum atomic E-state index is -0.0714. The second-order valence-corrected chi connectivity index (χ2v) is 5.15. The molecule has 0 unspecified atom stereocenters. The monoisotopic (exact) mass is 303 g/mol. The molecule has 0 saturated heterocycles. The van der Waals surface area contributed by atoms with Crippen molar-refractivity contribution in [3.63, 3.8) is 0 Å². The summed E-state index contributed by atoms with van der Waals surface area (Å²) < 4.78 is 12.1. The van der Waals surface area contributed by atoms with Gasteiger partial charge in [-0.3, -0.25) is 9.48 Å². The number of ether oxygens (including phenoxy) is 2. The zero-order chi connectivity index (χ0) is 16.3. The largest absolute Gasteiger partial charge is 0.493 e. The minimum Gasteiger partial charge on any atom is -0.493 e. The fourth-order valence-corrected chi connectivity index (χ4v) is 2.33. The van der Waals surface area contributed by atoms with E-state index in [0.717, 1.165) is 11.3 Å². The highest BCUT2D eigenvalue weighted by Crippen LogP contribution is 2.28. The zero-order valence-corrected chi connectivity index (χ0v) is 13.6. The summed E-state index contributed by atoms with van der Waals surface area (Å²) in [6.45, 7) is 2.34. The van der Waals surface area contributed by atoms with E-state index in [0.29, 0.717) is 23.7 Å². The van der Waals surface area contributed by atoms with Crippen molar-refractivity contribution in [3.05, 3.63) is 41.2 Å². The third kappa shape index (κ3) is 3.21. The molecule has 1 amide bonds. The molecule has 0 N–H and O–H groups in total. The van der Waals surface area contributed by atoms with E-state index in [1.807, 2.05) is 25.1 Å². The number of hydrogen-bond donors (Lipinski definition) is 0. The normalized spacial score (nSPS) is 10.4. The summed E-state index contributed by atoms with van der Waals surface area (Å²) in [5, 5.41) is 4.20. The SMILES string of the molecule is COc1ccc(CN(C)C(=O)c2cc(C)nn2C)cc1OC. The van der Waals surface area contributed by atoms with E-state index in [2.05, 4.69) is 5.10 Å². The van der Waals surface area contributed by atoms with Gasteiger partial charge in [-0.25, -0.2) is 0 Å². The summed E-state index contributed by atoms with van der Waals surface area (Å²) in [7, 11) is 6.72. The van der Waals surface area contributed by atoms with E-state index in [-0.39, 0.29) is 5.91 Å². The van der Waals surface area contributed by atoms with Crippen LogP contribution in [0.3, 0.4) is 0 Å². The Morgan fingerprint density at radius 1 is 1.23 bits per heavy atom. The van der Waals surface area contributed by atoms with Crippen molar-refractivity contribution in [1.29, 1.82) is 0 Å². The van der Waals surface area contributed by atoms with Crippen LogP contribution in [-0.4, -0.2) is 41.9 Å². The van der Waals surface area contributed by atoms with Crippen molar-refractivity contribution in [3.8, 4) is 11.5 Å². The molecule has 0 aliphatic heterocycles. The smallest absolute Gasteiger partial charge is 0.272 e. The Bertz CT molecular complexity index is 679. The summed E-state index contributed by atoms with van der Waals surface area (Å²) >= 11 is 0. The third-order valence-corrected chi connectivity index (χ3v) is 3.44. The number of aromatic nitrogens is 2. The second kappa shape index (κ2) is 6.51. The number of rotatable bonds is 5. The number of methoxy groups -OCH3 is 2. The first-order valence-corrected chi connectivity index (χ1v) is 6.93. The molecule has 118 valence electrons. The number of benzene rings is 1. The lowest BCUT2D eigenvalue weighted by molar-refractivity contribution is 0.0774. The lowest BCUT2D eigenvalue weighted by atomic mass is 10.2. The zero-order valence-electron chi connectivity index (χ0n) is 13.6. The molecule has 1 aromatic carbocycles. The first kappa shape index (κ1) is 15.9. The average Bonchev–Trinajstić information content (AvgIpc) is 2.84. The maximum atomic E-state index is 12.5. The Balaban J connectivity index is 2.16. The van der Waals surface area contributed by atoms with Crippen LogP contribution in [-0.2, 0) is 13.6 Å². The van der Waals surface area contributed by atoms with Crippen LogP contribution < -0.4 is 9.47 Å². The molecule has 6 nitrogen and oxygen atoms in total. The Labute approximate surface area is 130 Å². The van der Waals surface area contributed by atoms with Gasteiger partial charge in [0.2, 0.25) is 0 Å². The topological polar surface area (TPSA) is 56.6 Å². The van der Waals surface area contributed by atoms with Gasteiger partial charge in [0.05, 0.1) is 19.9 Å². The van der Waals surface area contributed by atoms with Gasteiger partial charge in [-0.15, -0.1) is 0 Å². The standard InChI is InChI=1S/C16H21N3O3/c1-11-8-13(19(3)17-11)16(20)18(2)10-12-6-7-14(21-4)15(9-12)22-5/h6-9H,10H2,1-5H3. The van der Waals surface area contributed by atoms with Crippen LogP contribution in [0.2, 0.25) is 0 Å². The van der Waals surface area contributed by atoms with E-state index in [9.17, 15) is 4.79 Å². The highest BCUT2D eigenvalue weighted by Gasteiger charge is 2.17. The lowest BCUT2D eigenvalue weighted by Gasteiger charge is -2.18. The van der Waals surface area contributed by atoms with Gasteiger partial charge in [0, 0.05) is 20.6 Å². The molecule has 0 saturated carbocycles. The van der Waals surface area contributed by atoms with Crippen molar-refractivity contribution >= 4 is 5.91 Å². The van der Waals surface area contributed by atoms with Gasteiger partial charge in [-0.2, -0.15) is 5.10 Å². The van der Waals surface area contributed by atoms with Gasteiger partial charge < -0.3 is 14.4 Å². The first-order valence-electron chi connectivity index (χ1n) is 6.93. The van der Waals surface area contributed by atoms with Gasteiger partial charge in [-0.1, -0.05) is 6.07 Å². The van der Waals surface area contributed by atoms with Crippen LogP contribution in [0.25, 0.3) is 0 Å². The lowest BCUT2D eigenvalue weighted by Crippen LogP contribution is -2.28. The van der Waals surface area contributed by atoms with Gasteiger partial charge in [0.25, 0.3) is 5.91 Å². The second-order valence-electron chi connectivity index (χ2n) is 5.15. The van der Waals surface area contributed by atoms with Crippen molar-refractivity contribution in [2.24, 2.45) is 7.05 Å². The number of amides is 1. The Hall–Kier alpha value is -2.50. The Morgan fingerprint density at radius 2 is 1.91 bits per heavy atom. The first-order chi connectivity index (χ1) is 10.5. The predicted molar refractivity (Wildman–Crippen MR) is 83.3 cm³/mol. The Kier molecular flexibility index (Phi) is 4.70.